The quantitative estimate of drug-likeness (QED) is 0.841. The van der Waals surface area contributed by atoms with Gasteiger partial charge >= 0.3 is 0 Å². The molecule has 2 rings (SSSR count). The van der Waals surface area contributed by atoms with Gasteiger partial charge in [-0.25, -0.2) is 0 Å². The van der Waals surface area contributed by atoms with Crippen LogP contribution >= 0.6 is 11.6 Å². The molecule has 1 aromatic carbocycles. The lowest BCUT2D eigenvalue weighted by Crippen LogP contribution is -2.41. The molecule has 0 saturated carbocycles. The van der Waals surface area contributed by atoms with E-state index >= 15 is 0 Å². The number of carbonyl (C=O) groups is 1. The zero-order chi connectivity index (χ0) is 14.8. The van der Waals surface area contributed by atoms with Gasteiger partial charge in [-0.2, -0.15) is 5.26 Å². The molecule has 0 aliphatic carbocycles. The second-order valence-electron chi connectivity index (χ2n) is 5.31. The summed E-state index contributed by atoms with van der Waals surface area (Å²) in [7, 11) is 1.53. The molecule has 0 bridgehead atoms. The highest BCUT2D eigenvalue weighted by atomic mass is 35.5. The van der Waals surface area contributed by atoms with Gasteiger partial charge in [0.1, 0.15) is 5.75 Å². The minimum absolute atomic E-state index is 0.0932. The maximum atomic E-state index is 12.5. The summed E-state index contributed by atoms with van der Waals surface area (Å²) in [4.78, 5) is 14.3. The van der Waals surface area contributed by atoms with Crippen molar-refractivity contribution in [2.75, 3.05) is 20.2 Å². The molecule has 1 aliphatic rings. The van der Waals surface area contributed by atoms with E-state index in [4.69, 9.17) is 21.6 Å². The number of rotatable bonds is 2. The Bertz CT molecular complexity index is 557. The van der Waals surface area contributed by atoms with Crippen molar-refractivity contribution >= 4 is 17.5 Å². The fraction of sp³-hybridized carbons (Fsp3) is 0.467. The highest BCUT2D eigenvalue weighted by molar-refractivity contribution is 6.31. The van der Waals surface area contributed by atoms with E-state index in [1.54, 1.807) is 23.1 Å². The maximum Gasteiger partial charge on any atom is 0.257 e. The van der Waals surface area contributed by atoms with Crippen LogP contribution < -0.4 is 4.74 Å². The number of nitrogens with zero attached hydrogens (tertiary/aromatic N) is 2. The molecule has 4 nitrogen and oxygen atoms in total. The number of ether oxygens (including phenoxy) is 1. The van der Waals surface area contributed by atoms with Gasteiger partial charge in [0.25, 0.3) is 5.91 Å². The molecule has 106 valence electrons. The summed E-state index contributed by atoms with van der Waals surface area (Å²) in [5, 5.41) is 9.63. The number of nitriles is 1. The van der Waals surface area contributed by atoms with E-state index in [0.29, 0.717) is 42.3 Å². The number of benzene rings is 1. The Hall–Kier alpha value is -1.73. The molecule has 0 N–H and O–H groups in total. The normalized spacial score (nSPS) is 17.4. The molecular weight excluding hydrogens is 276 g/mol. The summed E-state index contributed by atoms with van der Waals surface area (Å²) in [5.41, 5.74) is 0.149. The Morgan fingerprint density at radius 2 is 2.10 bits per heavy atom. The molecule has 0 spiro atoms. The summed E-state index contributed by atoms with van der Waals surface area (Å²) in [6.07, 6.45) is 1.39. The van der Waals surface area contributed by atoms with Crippen molar-refractivity contribution in [1.29, 1.82) is 5.26 Å². The second kappa shape index (κ2) is 5.72. The van der Waals surface area contributed by atoms with Gasteiger partial charge in [0.05, 0.1) is 24.2 Å². The first-order valence-electron chi connectivity index (χ1n) is 6.53. The fourth-order valence-electron chi connectivity index (χ4n) is 2.33. The molecule has 0 aromatic heterocycles. The molecule has 1 amide bonds. The number of hydrogen-bond acceptors (Lipinski definition) is 3. The molecule has 1 fully saturated rings. The lowest BCUT2D eigenvalue weighted by molar-refractivity contribution is 0.0658. The van der Waals surface area contributed by atoms with Crippen molar-refractivity contribution in [2.24, 2.45) is 5.41 Å². The van der Waals surface area contributed by atoms with Crippen molar-refractivity contribution in [2.45, 2.75) is 19.8 Å². The van der Waals surface area contributed by atoms with Crippen LogP contribution in [0, 0.1) is 16.7 Å². The Labute approximate surface area is 123 Å². The Kier molecular flexibility index (Phi) is 4.20. The predicted molar refractivity (Wildman–Crippen MR) is 76.9 cm³/mol. The lowest BCUT2D eigenvalue weighted by atomic mass is 9.82. The van der Waals surface area contributed by atoms with Crippen LogP contribution in [-0.2, 0) is 0 Å². The molecule has 1 heterocycles. The SMILES string of the molecule is COc1ccc(Cl)cc1C(=O)N1CCC(C)(C#N)CC1. The maximum absolute atomic E-state index is 12.5. The number of amides is 1. The van der Waals surface area contributed by atoms with Crippen LogP contribution in [-0.4, -0.2) is 31.0 Å². The average Bonchev–Trinajstić information content (AvgIpc) is 2.47. The number of likely N-dealkylation sites (tertiary alicyclic amines) is 1. The number of halogens is 1. The fourth-order valence-corrected chi connectivity index (χ4v) is 2.50. The minimum atomic E-state index is -0.324. The molecule has 20 heavy (non-hydrogen) atoms. The van der Waals surface area contributed by atoms with Crippen LogP contribution in [0.3, 0.4) is 0 Å². The third kappa shape index (κ3) is 2.88. The van der Waals surface area contributed by atoms with Gasteiger partial charge in [0.2, 0.25) is 0 Å². The number of hydrogen-bond donors (Lipinski definition) is 0. The molecule has 1 aromatic rings. The summed E-state index contributed by atoms with van der Waals surface area (Å²) in [5.74, 6) is 0.428. The molecular formula is C15H17ClN2O2. The van der Waals surface area contributed by atoms with Crippen molar-refractivity contribution in [3.63, 3.8) is 0 Å². The van der Waals surface area contributed by atoms with E-state index in [9.17, 15) is 4.79 Å². The van der Waals surface area contributed by atoms with Gasteiger partial charge in [-0.05, 0) is 38.0 Å². The molecule has 0 unspecified atom stereocenters. The number of piperidine rings is 1. The van der Waals surface area contributed by atoms with E-state index in [2.05, 4.69) is 6.07 Å². The Morgan fingerprint density at radius 3 is 2.65 bits per heavy atom. The van der Waals surface area contributed by atoms with Crippen LogP contribution in [0.5, 0.6) is 5.75 Å². The van der Waals surface area contributed by atoms with E-state index in [-0.39, 0.29) is 11.3 Å². The number of carbonyl (C=O) groups excluding carboxylic acids is 1. The van der Waals surface area contributed by atoms with Gasteiger partial charge in [0.15, 0.2) is 0 Å². The lowest BCUT2D eigenvalue weighted by Gasteiger charge is -2.35. The van der Waals surface area contributed by atoms with Gasteiger partial charge in [0, 0.05) is 18.1 Å². The van der Waals surface area contributed by atoms with Crippen molar-refractivity contribution in [1.82, 2.24) is 4.90 Å². The van der Waals surface area contributed by atoms with Gasteiger partial charge in [-0.15, -0.1) is 0 Å². The van der Waals surface area contributed by atoms with E-state index in [1.807, 2.05) is 6.92 Å². The molecule has 0 radical (unpaired) electrons. The van der Waals surface area contributed by atoms with Crippen LogP contribution in [0.15, 0.2) is 18.2 Å². The van der Waals surface area contributed by atoms with E-state index < -0.39 is 0 Å². The van der Waals surface area contributed by atoms with Crippen molar-refractivity contribution in [3.8, 4) is 11.8 Å². The Balaban J connectivity index is 2.17. The topological polar surface area (TPSA) is 53.3 Å². The smallest absolute Gasteiger partial charge is 0.257 e. The van der Waals surface area contributed by atoms with Gasteiger partial charge in [-0.1, -0.05) is 11.6 Å². The molecule has 1 saturated heterocycles. The summed E-state index contributed by atoms with van der Waals surface area (Å²) in [6.45, 7) is 3.10. The molecule has 0 atom stereocenters. The monoisotopic (exact) mass is 292 g/mol. The highest BCUT2D eigenvalue weighted by Gasteiger charge is 2.32. The van der Waals surface area contributed by atoms with Crippen LogP contribution in [0.4, 0.5) is 0 Å². The summed E-state index contributed by atoms with van der Waals surface area (Å²) in [6, 6.07) is 7.34. The van der Waals surface area contributed by atoms with Crippen LogP contribution in [0.1, 0.15) is 30.1 Å². The zero-order valence-corrected chi connectivity index (χ0v) is 12.4. The van der Waals surface area contributed by atoms with Crippen molar-refractivity contribution in [3.05, 3.63) is 28.8 Å². The second-order valence-corrected chi connectivity index (χ2v) is 5.75. The first-order valence-corrected chi connectivity index (χ1v) is 6.91. The number of methoxy groups -OCH3 is 1. The first-order chi connectivity index (χ1) is 9.49. The van der Waals surface area contributed by atoms with Gasteiger partial charge in [-0.3, -0.25) is 4.79 Å². The van der Waals surface area contributed by atoms with Gasteiger partial charge < -0.3 is 9.64 Å². The summed E-state index contributed by atoms with van der Waals surface area (Å²) >= 11 is 5.96. The molecule has 1 aliphatic heterocycles. The molecule has 5 heteroatoms. The largest absolute Gasteiger partial charge is 0.496 e. The Morgan fingerprint density at radius 1 is 1.45 bits per heavy atom. The first kappa shape index (κ1) is 14.7. The third-order valence-electron chi connectivity index (χ3n) is 3.82. The zero-order valence-electron chi connectivity index (χ0n) is 11.6. The predicted octanol–water partition coefficient (Wildman–Crippen LogP) is 3.11. The van der Waals surface area contributed by atoms with Crippen LogP contribution in [0.25, 0.3) is 0 Å². The summed E-state index contributed by atoms with van der Waals surface area (Å²) < 4.78 is 5.22. The van der Waals surface area contributed by atoms with Crippen molar-refractivity contribution < 1.29 is 9.53 Å². The van der Waals surface area contributed by atoms with Crippen LogP contribution in [0.2, 0.25) is 5.02 Å². The average molecular weight is 293 g/mol. The minimum Gasteiger partial charge on any atom is -0.496 e. The van der Waals surface area contributed by atoms with E-state index in [0.717, 1.165) is 0 Å². The third-order valence-corrected chi connectivity index (χ3v) is 4.05. The highest BCUT2D eigenvalue weighted by Crippen LogP contribution is 2.32. The van der Waals surface area contributed by atoms with E-state index in [1.165, 1.54) is 7.11 Å². The standard InChI is InChI=1S/C15H17ClN2O2/c1-15(10-17)5-7-18(8-6-15)14(19)12-9-11(16)3-4-13(12)20-2/h3-4,9H,5-8H2,1-2H3.